The van der Waals surface area contributed by atoms with Gasteiger partial charge in [0.1, 0.15) is 5.82 Å². The first-order valence-electron chi connectivity index (χ1n) is 7.52. The fourth-order valence-electron chi connectivity index (χ4n) is 2.66. The number of nitrogens with two attached hydrogens (primary N) is 1. The fourth-order valence-corrected chi connectivity index (χ4v) is 2.96. The Hall–Kier alpha value is -2.61. The number of aromatic amines is 2. The molecule has 1 aromatic carbocycles. The van der Waals surface area contributed by atoms with E-state index >= 15 is 0 Å². The minimum Gasteiger partial charge on any atom is -0.466 e. The zero-order valence-corrected chi connectivity index (χ0v) is 14.2. The van der Waals surface area contributed by atoms with Crippen molar-refractivity contribution in [2.45, 2.75) is 25.7 Å². The Morgan fingerprint density at radius 3 is 2.64 bits per heavy atom. The summed E-state index contributed by atoms with van der Waals surface area (Å²) in [6.45, 7) is 1.82. The summed E-state index contributed by atoms with van der Waals surface area (Å²) in [6, 6.07) is 4.02. The van der Waals surface area contributed by atoms with Crippen LogP contribution in [0.5, 0.6) is 0 Å². The van der Waals surface area contributed by atoms with E-state index in [2.05, 4.69) is 10.2 Å². The van der Waals surface area contributed by atoms with Crippen LogP contribution < -0.4 is 11.3 Å². The van der Waals surface area contributed by atoms with E-state index in [9.17, 15) is 18.8 Å². The highest BCUT2D eigenvalue weighted by Crippen LogP contribution is 2.34. The molecule has 9 heteroatoms. The van der Waals surface area contributed by atoms with E-state index in [-0.39, 0.29) is 41.3 Å². The van der Waals surface area contributed by atoms with Gasteiger partial charge in [-0.2, -0.15) is 0 Å². The molecule has 1 aromatic heterocycles. The summed E-state index contributed by atoms with van der Waals surface area (Å²) in [5.41, 5.74) is 4.86. The number of primary amides is 1. The number of halogens is 2. The minimum absolute atomic E-state index is 0.0267. The van der Waals surface area contributed by atoms with Crippen LogP contribution in [0.3, 0.4) is 0 Å². The number of carbonyl (C=O) groups is 2. The zero-order chi connectivity index (χ0) is 18.6. The summed E-state index contributed by atoms with van der Waals surface area (Å²) < 4.78 is 19.2. The molecule has 0 aliphatic heterocycles. The number of rotatable bonds is 7. The van der Waals surface area contributed by atoms with E-state index in [0.29, 0.717) is 0 Å². The van der Waals surface area contributed by atoms with Crippen LogP contribution in [0.25, 0.3) is 0 Å². The van der Waals surface area contributed by atoms with Crippen molar-refractivity contribution in [3.63, 3.8) is 0 Å². The predicted octanol–water partition coefficient (Wildman–Crippen LogP) is 1.61. The number of hydrogen-bond donors (Lipinski definition) is 3. The lowest BCUT2D eigenvalue weighted by atomic mass is 9.87. The molecular formula is C16H17ClFN3O4. The summed E-state index contributed by atoms with van der Waals surface area (Å²) in [6.07, 6.45) is -0.597. The summed E-state index contributed by atoms with van der Waals surface area (Å²) in [5.74, 6) is -3.03. The number of hydrogen-bond acceptors (Lipinski definition) is 4. The second kappa shape index (κ2) is 7.98. The van der Waals surface area contributed by atoms with Crippen LogP contribution in [0.4, 0.5) is 4.39 Å². The zero-order valence-electron chi connectivity index (χ0n) is 13.4. The molecule has 1 amide bonds. The van der Waals surface area contributed by atoms with Gasteiger partial charge in [-0.25, -0.2) is 4.39 Å². The molecule has 0 saturated carbocycles. The molecule has 1 atom stereocenters. The smallest absolute Gasteiger partial charge is 0.311 e. The summed E-state index contributed by atoms with van der Waals surface area (Å²) in [4.78, 5) is 35.5. The van der Waals surface area contributed by atoms with Gasteiger partial charge in [-0.05, 0) is 19.1 Å². The molecule has 2 rings (SSSR count). The molecule has 0 aliphatic carbocycles. The van der Waals surface area contributed by atoms with Crippen molar-refractivity contribution >= 4 is 23.5 Å². The second-order valence-electron chi connectivity index (χ2n) is 5.31. The van der Waals surface area contributed by atoms with Crippen molar-refractivity contribution in [2.75, 3.05) is 6.61 Å². The topological polar surface area (TPSA) is 118 Å². The fraction of sp³-hybridized carbons (Fsp3) is 0.312. The van der Waals surface area contributed by atoms with Crippen LogP contribution in [0.2, 0.25) is 5.02 Å². The largest absolute Gasteiger partial charge is 0.466 e. The number of H-pyrrole nitrogens is 2. The molecule has 25 heavy (non-hydrogen) atoms. The Balaban J connectivity index is 2.56. The maximum atomic E-state index is 14.3. The third kappa shape index (κ3) is 4.27. The third-order valence-corrected chi connectivity index (χ3v) is 3.95. The first-order valence-corrected chi connectivity index (χ1v) is 7.90. The number of ether oxygens (including phenoxy) is 1. The molecule has 0 aliphatic rings. The van der Waals surface area contributed by atoms with Gasteiger partial charge in [0, 0.05) is 28.5 Å². The van der Waals surface area contributed by atoms with Gasteiger partial charge >= 0.3 is 5.97 Å². The molecule has 7 nitrogen and oxygen atoms in total. The number of nitrogens with one attached hydrogen (secondary N) is 2. The first-order chi connectivity index (χ1) is 11.8. The Kier molecular flexibility index (Phi) is 5.97. The number of esters is 1. The Bertz CT molecular complexity index is 826. The number of carbonyl (C=O) groups excluding carboxylic acids is 2. The Labute approximate surface area is 147 Å². The van der Waals surface area contributed by atoms with Gasteiger partial charge in [-0.1, -0.05) is 17.7 Å². The predicted molar refractivity (Wildman–Crippen MR) is 88.8 cm³/mol. The van der Waals surface area contributed by atoms with Crippen LogP contribution in [0, 0.1) is 5.82 Å². The molecule has 0 radical (unpaired) electrons. The summed E-state index contributed by atoms with van der Waals surface area (Å²) in [5, 5.41) is 4.96. The number of benzene rings is 1. The van der Waals surface area contributed by atoms with E-state index in [1.54, 1.807) is 6.92 Å². The van der Waals surface area contributed by atoms with Crippen molar-refractivity contribution < 1.29 is 18.7 Å². The van der Waals surface area contributed by atoms with Gasteiger partial charge in [-0.15, -0.1) is 0 Å². The van der Waals surface area contributed by atoms with Gasteiger partial charge in [0.15, 0.2) is 0 Å². The highest BCUT2D eigenvalue weighted by atomic mass is 35.5. The molecule has 2 aromatic rings. The molecule has 0 bridgehead atoms. The van der Waals surface area contributed by atoms with Crippen molar-refractivity contribution in [1.29, 1.82) is 0 Å². The second-order valence-corrected chi connectivity index (χ2v) is 5.72. The van der Waals surface area contributed by atoms with E-state index in [1.807, 2.05) is 0 Å². The van der Waals surface area contributed by atoms with E-state index in [4.69, 9.17) is 22.1 Å². The van der Waals surface area contributed by atoms with Crippen LogP contribution in [0.1, 0.15) is 36.1 Å². The molecule has 0 unspecified atom stereocenters. The van der Waals surface area contributed by atoms with Gasteiger partial charge in [0.25, 0.3) is 5.56 Å². The quantitative estimate of drug-likeness (QED) is 0.642. The monoisotopic (exact) mass is 369 g/mol. The first kappa shape index (κ1) is 18.7. The van der Waals surface area contributed by atoms with Crippen LogP contribution in [0.15, 0.2) is 23.0 Å². The lowest BCUT2D eigenvalue weighted by Crippen LogP contribution is -2.22. The summed E-state index contributed by atoms with van der Waals surface area (Å²) >= 11 is 6.08. The normalized spacial score (nSPS) is 12.0. The van der Waals surface area contributed by atoms with E-state index in [0.717, 1.165) is 0 Å². The SMILES string of the molecule is CCOC(=O)Cc1[nH][nH]c(=O)c1[C@H](CC(N)=O)c1c(F)cccc1Cl. The van der Waals surface area contributed by atoms with Crippen LogP contribution in [-0.4, -0.2) is 28.7 Å². The lowest BCUT2D eigenvalue weighted by Gasteiger charge is -2.17. The van der Waals surface area contributed by atoms with Crippen molar-refractivity contribution in [3.05, 3.63) is 56.2 Å². The highest BCUT2D eigenvalue weighted by molar-refractivity contribution is 6.31. The summed E-state index contributed by atoms with van der Waals surface area (Å²) in [7, 11) is 0. The van der Waals surface area contributed by atoms with Gasteiger partial charge in [0.2, 0.25) is 5.91 Å². The number of amides is 1. The van der Waals surface area contributed by atoms with Gasteiger partial charge < -0.3 is 15.6 Å². The molecule has 134 valence electrons. The average Bonchev–Trinajstić information content (AvgIpc) is 2.86. The van der Waals surface area contributed by atoms with Crippen molar-refractivity contribution in [3.8, 4) is 0 Å². The van der Waals surface area contributed by atoms with Gasteiger partial charge in [0.05, 0.1) is 18.7 Å². The molecule has 0 spiro atoms. The van der Waals surface area contributed by atoms with E-state index < -0.39 is 29.2 Å². The van der Waals surface area contributed by atoms with Crippen LogP contribution >= 0.6 is 11.6 Å². The molecule has 4 N–H and O–H groups in total. The highest BCUT2D eigenvalue weighted by Gasteiger charge is 2.29. The maximum absolute atomic E-state index is 14.3. The van der Waals surface area contributed by atoms with E-state index in [1.165, 1.54) is 18.2 Å². The standard InChI is InChI=1S/C16H17ClFN3O4/c1-2-25-13(23)7-11-15(16(24)21-20-11)8(6-12(19)22)14-9(17)4-3-5-10(14)18/h3-5,8H,2,6-7H2,1H3,(H2,19,22)(H2,20,21,24)/t8-/m1/s1. The molecular weight excluding hydrogens is 353 g/mol. The van der Waals surface area contributed by atoms with Crippen LogP contribution in [-0.2, 0) is 20.7 Å². The molecule has 0 fully saturated rings. The lowest BCUT2D eigenvalue weighted by molar-refractivity contribution is -0.142. The Morgan fingerprint density at radius 1 is 1.32 bits per heavy atom. The van der Waals surface area contributed by atoms with Gasteiger partial charge in [-0.3, -0.25) is 19.5 Å². The maximum Gasteiger partial charge on any atom is 0.311 e. The molecule has 0 saturated heterocycles. The third-order valence-electron chi connectivity index (χ3n) is 3.63. The number of aromatic nitrogens is 2. The molecule has 1 heterocycles. The van der Waals surface area contributed by atoms with Crippen molar-refractivity contribution in [2.24, 2.45) is 5.73 Å². The minimum atomic E-state index is -1.04. The van der Waals surface area contributed by atoms with Crippen molar-refractivity contribution in [1.82, 2.24) is 10.2 Å². The Morgan fingerprint density at radius 2 is 2.04 bits per heavy atom. The average molecular weight is 370 g/mol.